The highest BCUT2D eigenvalue weighted by atomic mass is 32.1. The molecule has 0 saturated heterocycles. The van der Waals surface area contributed by atoms with Crippen LogP contribution in [0, 0.1) is 11.3 Å². The third-order valence-corrected chi connectivity index (χ3v) is 3.51. The average Bonchev–Trinajstić information content (AvgIpc) is 2.58. The van der Waals surface area contributed by atoms with Crippen LogP contribution in [0.2, 0.25) is 0 Å². The SMILES string of the molecule is CCOc1ccccc1NC(=S)N(CCC#N)c1ccccc1. The van der Waals surface area contributed by atoms with E-state index in [2.05, 4.69) is 11.4 Å². The zero-order chi connectivity index (χ0) is 16.5. The zero-order valence-electron chi connectivity index (χ0n) is 13.0. The molecule has 0 saturated carbocycles. The van der Waals surface area contributed by atoms with Gasteiger partial charge >= 0.3 is 0 Å². The molecule has 0 aliphatic carbocycles. The summed E-state index contributed by atoms with van der Waals surface area (Å²) in [5.41, 5.74) is 1.77. The molecule has 23 heavy (non-hydrogen) atoms. The maximum Gasteiger partial charge on any atom is 0.178 e. The summed E-state index contributed by atoms with van der Waals surface area (Å²) in [7, 11) is 0. The maximum atomic E-state index is 8.89. The van der Waals surface area contributed by atoms with Gasteiger partial charge in [-0.3, -0.25) is 0 Å². The summed E-state index contributed by atoms with van der Waals surface area (Å²) >= 11 is 5.55. The van der Waals surface area contributed by atoms with Crippen molar-refractivity contribution in [3.63, 3.8) is 0 Å². The van der Waals surface area contributed by atoms with Crippen LogP contribution in [0.1, 0.15) is 13.3 Å². The Bertz CT molecular complexity index is 682. The quantitative estimate of drug-likeness (QED) is 0.807. The summed E-state index contributed by atoms with van der Waals surface area (Å²) in [5, 5.41) is 12.7. The normalized spacial score (nSPS) is 9.74. The standard InChI is InChI=1S/C18H19N3OS/c1-2-22-17-12-7-6-11-16(17)20-18(23)21(14-8-13-19)15-9-4-3-5-10-15/h3-7,9-12H,2,8,14H2,1H3,(H,20,23). The topological polar surface area (TPSA) is 48.3 Å². The van der Waals surface area contributed by atoms with E-state index in [-0.39, 0.29) is 0 Å². The molecule has 2 aromatic carbocycles. The molecule has 0 amide bonds. The van der Waals surface area contributed by atoms with Gasteiger partial charge in [-0.05, 0) is 43.4 Å². The minimum Gasteiger partial charge on any atom is -0.492 e. The molecule has 0 aromatic heterocycles. The Morgan fingerprint density at radius 2 is 1.87 bits per heavy atom. The number of hydrogen-bond donors (Lipinski definition) is 1. The fourth-order valence-corrected chi connectivity index (χ4v) is 2.46. The van der Waals surface area contributed by atoms with E-state index in [0.29, 0.717) is 24.7 Å². The van der Waals surface area contributed by atoms with Gasteiger partial charge in [0.25, 0.3) is 0 Å². The van der Waals surface area contributed by atoms with Crippen molar-refractivity contribution >= 4 is 28.7 Å². The summed E-state index contributed by atoms with van der Waals surface area (Å²) in [6.45, 7) is 3.06. The molecule has 0 unspecified atom stereocenters. The van der Waals surface area contributed by atoms with E-state index in [1.807, 2.05) is 66.4 Å². The van der Waals surface area contributed by atoms with Crippen LogP contribution in [0.4, 0.5) is 11.4 Å². The molecular formula is C18H19N3OS. The molecular weight excluding hydrogens is 306 g/mol. The fraction of sp³-hybridized carbons (Fsp3) is 0.222. The summed E-state index contributed by atoms with van der Waals surface area (Å²) in [4.78, 5) is 1.92. The van der Waals surface area contributed by atoms with E-state index < -0.39 is 0 Å². The Balaban J connectivity index is 2.20. The summed E-state index contributed by atoms with van der Waals surface area (Å²) in [6, 6.07) is 19.6. The van der Waals surface area contributed by atoms with Gasteiger partial charge in [0.05, 0.1) is 24.8 Å². The Hall–Kier alpha value is -2.58. The lowest BCUT2D eigenvalue weighted by molar-refractivity contribution is 0.342. The van der Waals surface area contributed by atoms with Crippen LogP contribution in [-0.2, 0) is 0 Å². The first-order chi connectivity index (χ1) is 11.3. The number of nitrogens with one attached hydrogen (secondary N) is 1. The van der Waals surface area contributed by atoms with Gasteiger partial charge in [-0.25, -0.2) is 0 Å². The number of ether oxygens (including phenoxy) is 1. The minimum absolute atomic E-state index is 0.393. The molecule has 0 aliphatic rings. The number of benzene rings is 2. The highest BCUT2D eigenvalue weighted by Crippen LogP contribution is 2.25. The lowest BCUT2D eigenvalue weighted by atomic mass is 10.2. The largest absolute Gasteiger partial charge is 0.492 e. The second-order valence-electron chi connectivity index (χ2n) is 4.75. The molecule has 5 heteroatoms. The number of hydrogen-bond acceptors (Lipinski definition) is 3. The van der Waals surface area contributed by atoms with E-state index in [1.165, 1.54) is 0 Å². The summed E-state index contributed by atoms with van der Waals surface area (Å²) in [6.07, 6.45) is 0.393. The van der Waals surface area contributed by atoms with Crippen LogP contribution in [0.5, 0.6) is 5.75 Å². The third kappa shape index (κ3) is 4.70. The van der Waals surface area contributed by atoms with Crippen LogP contribution in [0.3, 0.4) is 0 Å². The van der Waals surface area contributed by atoms with E-state index in [1.54, 1.807) is 0 Å². The number of nitrogens with zero attached hydrogens (tertiary/aromatic N) is 2. The molecule has 0 atom stereocenters. The maximum absolute atomic E-state index is 8.89. The van der Waals surface area contributed by atoms with Crippen molar-refractivity contribution in [1.82, 2.24) is 0 Å². The van der Waals surface area contributed by atoms with Gasteiger partial charge in [-0.2, -0.15) is 5.26 Å². The first-order valence-electron chi connectivity index (χ1n) is 7.48. The van der Waals surface area contributed by atoms with Gasteiger partial charge < -0.3 is 15.0 Å². The van der Waals surface area contributed by atoms with E-state index in [4.69, 9.17) is 22.2 Å². The first kappa shape index (κ1) is 16.8. The molecule has 4 nitrogen and oxygen atoms in total. The number of nitriles is 1. The molecule has 0 radical (unpaired) electrons. The van der Waals surface area contributed by atoms with Crippen molar-refractivity contribution in [2.75, 3.05) is 23.4 Å². The van der Waals surface area contributed by atoms with Crippen molar-refractivity contribution in [2.24, 2.45) is 0 Å². The molecule has 0 bridgehead atoms. The Kier molecular flexibility index (Phi) is 6.40. The Morgan fingerprint density at radius 1 is 1.17 bits per heavy atom. The highest BCUT2D eigenvalue weighted by Gasteiger charge is 2.13. The second kappa shape index (κ2) is 8.76. The molecule has 0 fully saturated rings. The predicted octanol–water partition coefficient (Wildman–Crippen LogP) is 4.20. The van der Waals surface area contributed by atoms with Crippen LogP contribution < -0.4 is 15.0 Å². The van der Waals surface area contributed by atoms with Crippen molar-refractivity contribution < 1.29 is 4.74 Å². The number of para-hydroxylation sites is 3. The molecule has 1 N–H and O–H groups in total. The lowest BCUT2D eigenvalue weighted by Gasteiger charge is -2.25. The van der Waals surface area contributed by atoms with Crippen molar-refractivity contribution in [2.45, 2.75) is 13.3 Å². The number of rotatable bonds is 6. The number of thiocarbonyl (C=S) groups is 1. The van der Waals surface area contributed by atoms with Crippen LogP contribution >= 0.6 is 12.2 Å². The monoisotopic (exact) mass is 325 g/mol. The van der Waals surface area contributed by atoms with Gasteiger partial charge in [-0.1, -0.05) is 30.3 Å². The predicted molar refractivity (Wildman–Crippen MR) is 97.8 cm³/mol. The minimum atomic E-state index is 0.393. The fourth-order valence-electron chi connectivity index (χ4n) is 2.15. The van der Waals surface area contributed by atoms with Gasteiger partial charge in [0, 0.05) is 12.2 Å². The van der Waals surface area contributed by atoms with E-state index >= 15 is 0 Å². The van der Waals surface area contributed by atoms with Gasteiger partial charge in [0.15, 0.2) is 5.11 Å². The zero-order valence-corrected chi connectivity index (χ0v) is 13.8. The molecule has 0 heterocycles. The molecule has 118 valence electrons. The van der Waals surface area contributed by atoms with E-state index in [0.717, 1.165) is 17.1 Å². The van der Waals surface area contributed by atoms with Crippen molar-refractivity contribution in [1.29, 1.82) is 5.26 Å². The smallest absolute Gasteiger partial charge is 0.178 e. The molecule has 2 aromatic rings. The molecule has 0 aliphatic heterocycles. The molecule has 0 spiro atoms. The summed E-state index contributed by atoms with van der Waals surface area (Å²) in [5.74, 6) is 0.755. The summed E-state index contributed by atoms with van der Waals surface area (Å²) < 4.78 is 5.61. The average molecular weight is 325 g/mol. The third-order valence-electron chi connectivity index (χ3n) is 3.19. The van der Waals surface area contributed by atoms with Gasteiger partial charge in [0.1, 0.15) is 5.75 Å². The Morgan fingerprint density at radius 3 is 2.57 bits per heavy atom. The van der Waals surface area contributed by atoms with Crippen molar-refractivity contribution in [3.05, 3.63) is 54.6 Å². The van der Waals surface area contributed by atoms with Crippen LogP contribution in [-0.4, -0.2) is 18.3 Å². The Labute approximate surface area is 142 Å². The van der Waals surface area contributed by atoms with Crippen LogP contribution in [0.15, 0.2) is 54.6 Å². The highest BCUT2D eigenvalue weighted by molar-refractivity contribution is 7.80. The number of anilines is 2. The lowest BCUT2D eigenvalue weighted by Crippen LogP contribution is -2.35. The second-order valence-corrected chi connectivity index (χ2v) is 5.14. The van der Waals surface area contributed by atoms with E-state index in [9.17, 15) is 0 Å². The first-order valence-corrected chi connectivity index (χ1v) is 7.89. The molecule has 2 rings (SSSR count). The van der Waals surface area contributed by atoms with Crippen molar-refractivity contribution in [3.8, 4) is 11.8 Å². The van der Waals surface area contributed by atoms with Gasteiger partial charge in [0.2, 0.25) is 0 Å². The van der Waals surface area contributed by atoms with Crippen LogP contribution in [0.25, 0.3) is 0 Å². The van der Waals surface area contributed by atoms with Gasteiger partial charge in [-0.15, -0.1) is 0 Å².